The number of carboxylic acids is 1. The number of Topliss-reactive ketones (excluding diaryl/α,β-unsaturated/α-hetero) is 1. The lowest BCUT2D eigenvalue weighted by Crippen LogP contribution is -2.54. The van der Waals surface area contributed by atoms with Gasteiger partial charge in [0.15, 0.2) is 5.78 Å². The first kappa shape index (κ1) is 50.6. The van der Waals surface area contributed by atoms with Gasteiger partial charge in [0.05, 0.1) is 39.1 Å². The van der Waals surface area contributed by atoms with Crippen molar-refractivity contribution in [2.24, 2.45) is 0 Å². The Bertz CT molecular complexity index is 1760. The van der Waals surface area contributed by atoms with Gasteiger partial charge in [-0.2, -0.15) is 0 Å². The van der Waals surface area contributed by atoms with Crippen LogP contribution >= 0.6 is 0 Å². The van der Waals surface area contributed by atoms with Crippen LogP contribution in [0.3, 0.4) is 0 Å². The number of carbonyl (C=O) groups excluding carboxylic acids is 8. The van der Waals surface area contributed by atoms with Crippen LogP contribution in [0.2, 0.25) is 0 Å². The molecule has 0 aromatic heterocycles. The normalized spacial score (nSPS) is 17.6. The second-order valence-corrected chi connectivity index (χ2v) is 15.2. The average Bonchev–Trinajstić information content (AvgIpc) is 3.52. The molecule has 21 nitrogen and oxygen atoms in total. The fraction of sp³-hybridized carbons (Fsp3) is 0.585. The van der Waals surface area contributed by atoms with Crippen molar-refractivity contribution in [2.45, 2.75) is 64.3 Å². The van der Waals surface area contributed by atoms with E-state index in [1.54, 1.807) is 33.7 Å². The summed E-state index contributed by atoms with van der Waals surface area (Å²) in [6.45, 7) is 5.52. The molecule has 1 saturated heterocycles. The number of amides is 5. The van der Waals surface area contributed by atoms with Crippen LogP contribution in [0.4, 0.5) is 0 Å². The standard InChI is InChI=1S/C41H60N8O13/c1-5-45(3)26-37(56)61-39-22-30(51)24-46(4)17-18-48(27-38(57)62-39)20-19-47(6-2)25-34(53)42-23-33(52)43-32(21-28-10-12-29(50)13-11-28)40(58)44-31(41(59)60)9-7-8-16-49-35(54)14-15-36(49)55/h10-15,31-32,39,50H,5-9,16-27H2,1-4H3,(H,42,53)(H,43,52)(H,44,58)(H,59,60)/t31-,32-,39?/m0/s1. The summed E-state index contributed by atoms with van der Waals surface area (Å²) in [6, 6.07) is 3.24. The van der Waals surface area contributed by atoms with Crippen molar-refractivity contribution in [1.29, 1.82) is 0 Å². The molecular formula is C41H60N8O13. The molecule has 0 bridgehead atoms. The molecule has 5 amide bonds. The Kier molecular flexibility index (Phi) is 21.1. The molecule has 1 unspecified atom stereocenters. The Balaban J connectivity index is 1.55. The van der Waals surface area contributed by atoms with Gasteiger partial charge in [-0.15, -0.1) is 0 Å². The van der Waals surface area contributed by atoms with Gasteiger partial charge in [0.25, 0.3) is 18.1 Å². The van der Waals surface area contributed by atoms with Crippen molar-refractivity contribution in [2.75, 3.05) is 92.6 Å². The van der Waals surface area contributed by atoms with Crippen LogP contribution in [0, 0.1) is 0 Å². The first-order valence-corrected chi connectivity index (χ1v) is 20.6. The minimum Gasteiger partial charge on any atom is -0.508 e. The predicted molar refractivity (Wildman–Crippen MR) is 221 cm³/mol. The first-order chi connectivity index (χ1) is 29.5. The van der Waals surface area contributed by atoms with Gasteiger partial charge in [-0.3, -0.25) is 62.9 Å². The molecule has 3 atom stereocenters. The number of rotatable bonds is 23. The van der Waals surface area contributed by atoms with Crippen LogP contribution < -0.4 is 16.0 Å². The van der Waals surface area contributed by atoms with Crippen LogP contribution in [0.15, 0.2) is 36.4 Å². The SMILES string of the molecule is CCN(C)CC(=O)OC1CC(=O)CN(C)CCN(CCN(CC)CC(=O)NCC(=O)N[C@@H](Cc2ccc(O)cc2)C(=O)N[C@@H](CCCCN2C(=O)C=CC2=O)C(=O)O)CC(=O)O1. The summed E-state index contributed by atoms with van der Waals surface area (Å²) < 4.78 is 10.8. The van der Waals surface area contributed by atoms with E-state index in [4.69, 9.17) is 9.47 Å². The molecule has 0 spiro atoms. The van der Waals surface area contributed by atoms with Crippen molar-refractivity contribution >= 4 is 53.2 Å². The number of phenols is 1. The lowest BCUT2D eigenvalue weighted by atomic mass is 10.0. The van der Waals surface area contributed by atoms with Gasteiger partial charge in [0, 0.05) is 51.3 Å². The maximum Gasteiger partial charge on any atom is 0.326 e. The van der Waals surface area contributed by atoms with Gasteiger partial charge in [-0.1, -0.05) is 26.0 Å². The molecule has 1 aromatic rings. The van der Waals surface area contributed by atoms with Crippen molar-refractivity contribution in [3.63, 3.8) is 0 Å². The van der Waals surface area contributed by atoms with Crippen LogP contribution in [0.5, 0.6) is 5.75 Å². The summed E-state index contributed by atoms with van der Waals surface area (Å²) in [7, 11) is 3.48. The number of imide groups is 1. The second kappa shape index (κ2) is 25.9. The highest BCUT2D eigenvalue weighted by Crippen LogP contribution is 2.13. The number of ketones is 1. The third-order valence-corrected chi connectivity index (χ3v) is 10.1. The smallest absolute Gasteiger partial charge is 0.326 e. The van der Waals surface area contributed by atoms with E-state index in [9.17, 15) is 53.4 Å². The molecule has 2 heterocycles. The number of aliphatic carboxylic acids is 1. The lowest BCUT2D eigenvalue weighted by Gasteiger charge is -2.27. The predicted octanol–water partition coefficient (Wildman–Crippen LogP) is -1.91. The van der Waals surface area contributed by atoms with Crippen LogP contribution in [0.1, 0.15) is 45.1 Å². The molecule has 342 valence electrons. The highest BCUT2D eigenvalue weighted by Gasteiger charge is 2.29. The summed E-state index contributed by atoms with van der Waals surface area (Å²) in [5.74, 6) is -5.88. The lowest BCUT2D eigenvalue weighted by molar-refractivity contribution is -0.190. The molecule has 2 aliphatic rings. The molecule has 0 radical (unpaired) electrons. The van der Waals surface area contributed by atoms with Crippen molar-refractivity contribution in [3.05, 3.63) is 42.0 Å². The topological polar surface area (TPSA) is 265 Å². The van der Waals surface area contributed by atoms with Crippen molar-refractivity contribution in [3.8, 4) is 5.75 Å². The minimum atomic E-state index is -1.37. The van der Waals surface area contributed by atoms with E-state index < -0.39 is 72.4 Å². The number of esters is 2. The van der Waals surface area contributed by atoms with Crippen LogP contribution in [0.25, 0.3) is 0 Å². The fourth-order valence-electron chi connectivity index (χ4n) is 6.39. The van der Waals surface area contributed by atoms with Crippen LogP contribution in [-0.4, -0.2) is 199 Å². The molecule has 3 rings (SSSR count). The molecule has 62 heavy (non-hydrogen) atoms. The van der Waals surface area contributed by atoms with Crippen molar-refractivity contribution < 1.29 is 62.8 Å². The average molecular weight is 873 g/mol. The number of ether oxygens (including phenoxy) is 2. The number of carbonyl (C=O) groups is 9. The Morgan fingerprint density at radius 2 is 1.58 bits per heavy atom. The number of nitrogens with one attached hydrogen (secondary N) is 3. The zero-order valence-corrected chi connectivity index (χ0v) is 35.8. The number of nitrogens with zero attached hydrogens (tertiary/aromatic N) is 5. The van der Waals surface area contributed by atoms with E-state index >= 15 is 0 Å². The van der Waals surface area contributed by atoms with E-state index in [0.29, 0.717) is 51.3 Å². The van der Waals surface area contributed by atoms with E-state index in [0.717, 1.165) is 17.1 Å². The third-order valence-electron chi connectivity index (χ3n) is 10.1. The number of carboxylic acid groups (broad SMARTS) is 1. The Labute approximate surface area is 360 Å². The molecular weight excluding hydrogens is 812 g/mol. The zero-order chi connectivity index (χ0) is 45.8. The first-order valence-electron chi connectivity index (χ1n) is 20.6. The summed E-state index contributed by atoms with van der Waals surface area (Å²) in [5, 5.41) is 27.1. The van der Waals surface area contributed by atoms with Gasteiger partial charge in [-0.05, 0) is 64.1 Å². The van der Waals surface area contributed by atoms with Gasteiger partial charge in [0.1, 0.15) is 17.8 Å². The summed E-state index contributed by atoms with van der Waals surface area (Å²) >= 11 is 0. The third kappa shape index (κ3) is 18.5. The largest absolute Gasteiger partial charge is 0.508 e. The number of aromatic hydroxyl groups is 1. The Morgan fingerprint density at radius 1 is 0.887 bits per heavy atom. The van der Waals surface area contributed by atoms with E-state index in [1.165, 1.54) is 24.3 Å². The molecule has 21 heteroatoms. The van der Waals surface area contributed by atoms with Crippen LogP contribution in [-0.2, 0) is 59.0 Å². The molecule has 5 N–H and O–H groups in total. The van der Waals surface area contributed by atoms with Gasteiger partial charge in [-0.25, -0.2) is 4.79 Å². The quantitative estimate of drug-likeness (QED) is 0.0457. The van der Waals surface area contributed by atoms with E-state index in [-0.39, 0.29) is 69.9 Å². The van der Waals surface area contributed by atoms with E-state index in [2.05, 4.69) is 16.0 Å². The molecule has 1 aromatic carbocycles. The maximum atomic E-state index is 13.5. The highest BCUT2D eigenvalue weighted by molar-refractivity contribution is 6.12. The van der Waals surface area contributed by atoms with E-state index in [1.807, 2.05) is 13.8 Å². The number of benzene rings is 1. The molecule has 1 fully saturated rings. The second-order valence-electron chi connectivity index (χ2n) is 15.2. The summed E-state index contributed by atoms with van der Waals surface area (Å²) in [6.07, 6.45) is 1.11. The number of phenolic OH excluding ortho intramolecular Hbond substituents is 1. The molecule has 0 aliphatic carbocycles. The maximum absolute atomic E-state index is 13.5. The Hall–Kier alpha value is -5.77. The number of unbranched alkanes of at least 4 members (excludes halogenated alkanes) is 1. The number of hydrogen-bond acceptors (Lipinski definition) is 16. The number of hydrogen-bond donors (Lipinski definition) is 5. The molecule has 2 aliphatic heterocycles. The minimum absolute atomic E-state index is 0.0244. The van der Waals surface area contributed by atoms with Gasteiger partial charge < -0.3 is 35.6 Å². The highest BCUT2D eigenvalue weighted by atomic mass is 16.7. The number of cyclic esters (lactones) is 1. The van der Waals surface area contributed by atoms with Gasteiger partial charge in [0.2, 0.25) is 17.7 Å². The van der Waals surface area contributed by atoms with Crippen molar-refractivity contribution in [1.82, 2.24) is 40.4 Å². The fourth-order valence-corrected chi connectivity index (χ4v) is 6.39. The number of likely N-dealkylation sites (N-methyl/N-ethyl adjacent to an activating group) is 3. The summed E-state index contributed by atoms with van der Waals surface area (Å²) in [4.78, 5) is 121. The molecule has 0 saturated carbocycles. The summed E-state index contributed by atoms with van der Waals surface area (Å²) in [5.41, 5.74) is 0.542. The zero-order valence-electron chi connectivity index (χ0n) is 35.8. The Morgan fingerprint density at radius 3 is 2.23 bits per heavy atom. The monoisotopic (exact) mass is 872 g/mol. The van der Waals surface area contributed by atoms with Gasteiger partial charge >= 0.3 is 17.9 Å².